The Hall–Kier alpha value is -2.34. The third-order valence-corrected chi connectivity index (χ3v) is 8.63. The van der Waals surface area contributed by atoms with Gasteiger partial charge in [-0.15, -0.1) is 0 Å². The lowest BCUT2D eigenvalue weighted by molar-refractivity contribution is -0.134. The van der Waals surface area contributed by atoms with Crippen molar-refractivity contribution in [2.45, 2.75) is 70.1 Å². The molecule has 0 saturated carbocycles. The van der Waals surface area contributed by atoms with Crippen LogP contribution in [0.2, 0.25) is 0 Å². The van der Waals surface area contributed by atoms with Crippen molar-refractivity contribution in [1.29, 1.82) is 0 Å². The second kappa shape index (κ2) is 12.9. The molecule has 2 fully saturated rings. The number of nitrogens with zero attached hydrogens (tertiary/aromatic N) is 4. The maximum atomic E-state index is 13.5. The normalized spacial score (nSPS) is 18.9. The molecule has 2 aliphatic rings. The summed E-state index contributed by atoms with van der Waals surface area (Å²) in [5.41, 5.74) is 0.958. The van der Waals surface area contributed by atoms with Crippen LogP contribution < -0.4 is 0 Å². The minimum atomic E-state index is -3.84. The molecule has 2 saturated heterocycles. The van der Waals surface area contributed by atoms with Gasteiger partial charge in [0.15, 0.2) is 0 Å². The number of morpholine rings is 1. The molecule has 0 aliphatic carbocycles. The molecule has 2 aliphatic heterocycles. The molecule has 0 bridgehead atoms. The smallest absolute Gasteiger partial charge is 0.228 e. The van der Waals surface area contributed by atoms with Crippen molar-refractivity contribution in [3.8, 4) is 0 Å². The van der Waals surface area contributed by atoms with E-state index in [-0.39, 0.29) is 34.9 Å². The molecule has 1 unspecified atom stereocenters. The van der Waals surface area contributed by atoms with Crippen LogP contribution in [0.15, 0.2) is 35.6 Å². The number of carbonyl (C=O) groups excluding carboxylic acids is 1. The summed E-state index contributed by atoms with van der Waals surface area (Å²) in [6, 6.07) is 5.45. The number of amides is 1. The van der Waals surface area contributed by atoms with E-state index in [1.165, 1.54) is 24.3 Å². The third-order valence-electron chi connectivity index (χ3n) is 7.04. The van der Waals surface area contributed by atoms with Gasteiger partial charge in [0.25, 0.3) is 0 Å². The van der Waals surface area contributed by atoms with Crippen molar-refractivity contribution in [2.24, 2.45) is 5.41 Å². The van der Waals surface area contributed by atoms with Gasteiger partial charge in [0, 0.05) is 39.2 Å². The predicted molar refractivity (Wildman–Crippen MR) is 145 cm³/mol. The molecule has 0 spiro atoms. The van der Waals surface area contributed by atoms with Crippen LogP contribution in [0.25, 0.3) is 0 Å². The number of benzene rings is 1. The summed E-state index contributed by atoms with van der Waals surface area (Å²) in [4.78, 5) is 21.9. The number of sulfone groups is 1. The van der Waals surface area contributed by atoms with Crippen molar-refractivity contribution in [2.75, 3.05) is 46.0 Å². The number of halogens is 1. The summed E-state index contributed by atoms with van der Waals surface area (Å²) in [5.74, 6) is -0.689. The highest BCUT2D eigenvalue weighted by Gasteiger charge is 2.29. The predicted octanol–water partition coefficient (Wildman–Crippen LogP) is 3.27. The van der Waals surface area contributed by atoms with Gasteiger partial charge in [-0.1, -0.05) is 32.9 Å². The summed E-state index contributed by atoms with van der Waals surface area (Å²) in [7, 11) is -3.84. The lowest BCUT2D eigenvalue weighted by Crippen LogP contribution is -2.43. The number of hydrogen-bond donors (Lipinski definition) is 0. The van der Waals surface area contributed by atoms with Crippen LogP contribution in [0.5, 0.6) is 0 Å². The van der Waals surface area contributed by atoms with E-state index in [1.54, 1.807) is 10.8 Å². The van der Waals surface area contributed by atoms with E-state index in [0.717, 1.165) is 32.5 Å². The summed E-state index contributed by atoms with van der Waals surface area (Å²) < 4.78 is 53.4. The molecule has 11 heteroatoms. The van der Waals surface area contributed by atoms with Crippen LogP contribution in [0.1, 0.15) is 51.3 Å². The second-order valence-electron chi connectivity index (χ2n) is 11.7. The molecule has 39 heavy (non-hydrogen) atoms. The molecule has 0 N–H and O–H groups in total. The summed E-state index contributed by atoms with van der Waals surface area (Å²) in [6.07, 6.45) is 3.58. The lowest BCUT2D eigenvalue weighted by atomic mass is 9.91. The van der Waals surface area contributed by atoms with Gasteiger partial charge in [-0.3, -0.25) is 9.69 Å². The molecule has 3 heterocycles. The van der Waals surface area contributed by atoms with Gasteiger partial charge in [-0.2, -0.15) is 0 Å². The van der Waals surface area contributed by atoms with Crippen LogP contribution in [0.4, 0.5) is 4.39 Å². The van der Waals surface area contributed by atoms with Gasteiger partial charge < -0.3 is 18.9 Å². The van der Waals surface area contributed by atoms with Gasteiger partial charge in [0.05, 0.1) is 50.1 Å². The molecule has 1 aromatic carbocycles. The Morgan fingerprint density at radius 3 is 2.51 bits per heavy atom. The Morgan fingerprint density at radius 2 is 1.87 bits per heavy atom. The van der Waals surface area contributed by atoms with E-state index in [4.69, 9.17) is 9.47 Å². The molecule has 1 amide bonds. The van der Waals surface area contributed by atoms with Crippen LogP contribution in [0.3, 0.4) is 0 Å². The standard InChI is InChI=1S/C28H41FN4O5S/c1-28(2,3)17-26(34)32(11-10-31-12-15-37-16-13-31)19-24-18-30-27(33(24)20-25-5-4-14-38-25)39(35,36)21-22-6-8-23(29)9-7-22/h6-9,18,25H,4-5,10-17,19-21H2,1-3H3. The quantitative estimate of drug-likeness (QED) is 0.414. The molecule has 1 atom stereocenters. The Morgan fingerprint density at radius 1 is 1.15 bits per heavy atom. The van der Waals surface area contributed by atoms with Crippen LogP contribution in [0, 0.1) is 11.2 Å². The lowest BCUT2D eigenvalue weighted by Gasteiger charge is -2.31. The molecule has 216 valence electrons. The first-order chi connectivity index (χ1) is 18.5. The van der Waals surface area contributed by atoms with Gasteiger partial charge in [-0.25, -0.2) is 17.8 Å². The SMILES string of the molecule is CC(C)(C)CC(=O)N(CCN1CCOCC1)Cc1cnc(S(=O)(=O)Cc2ccc(F)cc2)n1CC1CCCO1. The molecular formula is C28H41FN4O5S. The maximum Gasteiger partial charge on any atom is 0.228 e. The van der Waals surface area contributed by atoms with Gasteiger partial charge >= 0.3 is 0 Å². The fourth-order valence-corrected chi connectivity index (χ4v) is 6.46. The van der Waals surface area contributed by atoms with Crippen LogP contribution in [-0.2, 0) is 42.9 Å². The number of hydrogen-bond acceptors (Lipinski definition) is 7. The molecule has 9 nitrogen and oxygen atoms in total. The van der Waals surface area contributed by atoms with Crippen molar-refractivity contribution in [3.63, 3.8) is 0 Å². The first kappa shape index (κ1) is 29.6. The first-order valence-electron chi connectivity index (χ1n) is 13.7. The van der Waals surface area contributed by atoms with Crippen LogP contribution in [-0.4, -0.2) is 85.8 Å². The number of aromatic nitrogens is 2. The van der Waals surface area contributed by atoms with E-state index in [9.17, 15) is 17.6 Å². The van der Waals surface area contributed by atoms with Crippen LogP contribution >= 0.6 is 0 Å². The van der Waals surface area contributed by atoms with Crippen molar-refractivity contribution >= 4 is 15.7 Å². The van der Waals surface area contributed by atoms with Crippen molar-refractivity contribution in [3.05, 3.63) is 47.5 Å². The van der Waals surface area contributed by atoms with E-state index >= 15 is 0 Å². The summed E-state index contributed by atoms with van der Waals surface area (Å²) >= 11 is 0. The monoisotopic (exact) mass is 564 g/mol. The highest BCUT2D eigenvalue weighted by molar-refractivity contribution is 7.90. The Kier molecular flexibility index (Phi) is 9.79. The van der Waals surface area contributed by atoms with E-state index < -0.39 is 15.7 Å². The topological polar surface area (TPSA) is 94.0 Å². The van der Waals surface area contributed by atoms with Crippen molar-refractivity contribution in [1.82, 2.24) is 19.4 Å². The fourth-order valence-electron chi connectivity index (χ4n) is 4.96. The summed E-state index contributed by atoms with van der Waals surface area (Å²) in [6.45, 7) is 11.6. The number of rotatable bonds is 11. The van der Waals surface area contributed by atoms with E-state index in [2.05, 4.69) is 9.88 Å². The minimum Gasteiger partial charge on any atom is -0.379 e. The third kappa shape index (κ3) is 8.57. The zero-order chi connectivity index (χ0) is 28.0. The first-order valence-corrected chi connectivity index (χ1v) is 15.4. The molecule has 0 radical (unpaired) electrons. The highest BCUT2D eigenvalue weighted by Crippen LogP contribution is 2.24. The Balaban J connectivity index is 1.60. The zero-order valence-electron chi connectivity index (χ0n) is 23.3. The molecule has 4 rings (SSSR count). The zero-order valence-corrected chi connectivity index (χ0v) is 24.1. The summed E-state index contributed by atoms with van der Waals surface area (Å²) in [5, 5.41) is -0.0475. The molecule has 2 aromatic rings. The number of imidazole rings is 1. The fraction of sp³-hybridized carbons (Fsp3) is 0.643. The highest BCUT2D eigenvalue weighted by atomic mass is 32.2. The van der Waals surface area contributed by atoms with Gasteiger partial charge in [0.1, 0.15) is 5.82 Å². The largest absolute Gasteiger partial charge is 0.379 e. The van der Waals surface area contributed by atoms with Gasteiger partial charge in [-0.05, 0) is 36.0 Å². The Bertz CT molecular complexity index is 1200. The molecular weight excluding hydrogens is 523 g/mol. The minimum absolute atomic E-state index is 0.0244. The maximum absolute atomic E-state index is 13.5. The second-order valence-corrected chi connectivity index (χ2v) is 13.6. The number of ether oxygens (including phenoxy) is 2. The van der Waals surface area contributed by atoms with E-state index in [1.807, 2.05) is 25.7 Å². The Labute approximate surface area is 231 Å². The average Bonchev–Trinajstić information content (AvgIpc) is 3.53. The average molecular weight is 565 g/mol. The van der Waals surface area contributed by atoms with Crippen molar-refractivity contribution < 1.29 is 27.1 Å². The van der Waals surface area contributed by atoms with Gasteiger partial charge in [0.2, 0.25) is 20.9 Å². The molecule has 1 aromatic heterocycles. The number of carbonyl (C=O) groups is 1. The van der Waals surface area contributed by atoms with E-state index in [0.29, 0.717) is 50.6 Å².